The first kappa shape index (κ1) is 12.6. The van der Waals surface area contributed by atoms with Gasteiger partial charge in [-0.05, 0) is 29.8 Å². The molecule has 0 radical (unpaired) electrons. The highest BCUT2D eigenvalue weighted by Gasteiger charge is 2.06. The number of hydrogen-bond acceptors (Lipinski definition) is 3. The Hall–Kier alpha value is -2.40. The van der Waals surface area contributed by atoms with Crippen LogP contribution in [0.15, 0.2) is 36.5 Å². The summed E-state index contributed by atoms with van der Waals surface area (Å²) in [5.41, 5.74) is 7.69. The molecule has 0 amide bonds. The largest absolute Gasteiger partial charge is 0.396 e. The lowest BCUT2D eigenvalue weighted by molar-refractivity contribution is 0.628. The van der Waals surface area contributed by atoms with E-state index in [2.05, 4.69) is 10.2 Å². The Bertz CT molecular complexity index is 793. The van der Waals surface area contributed by atoms with E-state index in [-0.39, 0.29) is 5.82 Å². The Kier molecular flexibility index (Phi) is 3.12. The highest BCUT2D eigenvalue weighted by Crippen LogP contribution is 2.19. The minimum atomic E-state index is -0.269. The summed E-state index contributed by atoms with van der Waals surface area (Å²) < 4.78 is 14.5. The number of anilines is 1. The number of aromatic nitrogens is 3. The molecule has 0 aliphatic carbocycles. The number of nitrogen functional groups attached to an aromatic ring is 1. The van der Waals surface area contributed by atoms with Crippen LogP contribution in [0.4, 0.5) is 10.1 Å². The van der Waals surface area contributed by atoms with E-state index in [0.29, 0.717) is 22.2 Å². The molecule has 1 aromatic carbocycles. The number of pyridine rings is 1. The summed E-state index contributed by atoms with van der Waals surface area (Å²) in [6.07, 6.45) is 5.27. The van der Waals surface area contributed by atoms with Gasteiger partial charge in [0.05, 0.1) is 10.7 Å². The van der Waals surface area contributed by atoms with E-state index in [1.54, 1.807) is 34.9 Å². The number of benzene rings is 1. The SMILES string of the molecule is Nc1cc(Cl)cn2c(/C=C/c3ccc(F)cc3)nnc12. The highest BCUT2D eigenvalue weighted by atomic mass is 35.5. The molecule has 2 N–H and O–H groups in total. The van der Waals surface area contributed by atoms with Crippen LogP contribution in [0.2, 0.25) is 5.02 Å². The van der Waals surface area contributed by atoms with Crippen molar-refractivity contribution in [3.05, 3.63) is 58.8 Å². The molecule has 2 heterocycles. The normalized spacial score (nSPS) is 11.5. The maximum absolute atomic E-state index is 12.8. The summed E-state index contributed by atoms with van der Waals surface area (Å²) >= 11 is 5.97. The molecule has 20 heavy (non-hydrogen) atoms. The smallest absolute Gasteiger partial charge is 0.184 e. The third kappa shape index (κ3) is 2.35. The van der Waals surface area contributed by atoms with Gasteiger partial charge in [0.2, 0.25) is 0 Å². The lowest BCUT2D eigenvalue weighted by Crippen LogP contribution is -1.94. The topological polar surface area (TPSA) is 56.2 Å². The monoisotopic (exact) mass is 288 g/mol. The van der Waals surface area contributed by atoms with E-state index in [1.165, 1.54) is 12.1 Å². The Morgan fingerprint density at radius 3 is 2.65 bits per heavy atom. The van der Waals surface area contributed by atoms with Crippen molar-refractivity contribution in [2.45, 2.75) is 0 Å². The van der Waals surface area contributed by atoms with Gasteiger partial charge in [0.25, 0.3) is 0 Å². The summed E-state index contributed by atoms with van der Waals surface area (Å²) in [7, 11) is 0. The van der Waals surface area contributed by atoms with Crippen molar-refractivity contribution in [1.29, 1.82) is 0 Å². The summed E-state index contributed by atoms with van der Waals surface area (Å²) in [6, 6.07) is 7.78. The van der Waals surface area contributed by atoms with Gasteiger partial charge in [-0.25, -0.2) is 4.39 Å². The molecule has 0 aliphatic rings. The number of fused-ring (bicyclic) bond motifs is 1. The summed E-state index contributed by atoms with van der Waals surface area (Å²) in [4.78, 5) is 0. The third-order valence-electron chi connectivity index (χ3n) is 2.82. The van der Waals surface area contributed by atoms with Crippen molar-refractivity contribution in [2.75, 3.05) is 5.73 Å². The molecular weight excluding hydrogens is 279 g/mol. The Balaban J connectivity index is 2.00. The molecule has 2 aromatic heterocycles. The lowest BCUT2D eigenvalue weighted by atomic mass is 10.2. The van der Waals surface area contributed by atoms with E-state index in [0.717, 1.165) is 5.56 Å². The van der Waals surface area contributed by atoms with E-state index < -0.39 is 0 Å². The van der Waals surface area contributed by atoms with Gasteiger partial charge >= 0.3 is 0 Å². The molecule has 4 nitrogen and oxygen atoms in total. The summed E-state index contributed by atoms with van der Waals surface area (Å²) in [6.45, 7) is 0. The van der Waals surface area contributed by atoms with Crippen LogP contribution in [-0.4, -0.2) is 14.6 Å². The van der Waals surface area contributed by atoms with E-state index >= 15 is 0 Å². The summed E-state index contributed by atoms with van der Waals surface area (Å²) in [5, 5.41) is 8.55. The van der Waals surface area contributed by atoms with E-state index in [1.807, 2.05) is 6.08 Å². The summed E-state index contributed by atoms with van der Waals surface area (Å²) in [5.74, 6) is 0.327. The number of hydrogen-bond donors (Lipinski definition) is 1. The molecule has 3 rings (SSSR count). The molecule has 100 valence electrons. The minimum Gasteiger partial charge on any atom is -0.396 e. The predicted octanol–water partition coefficient (Wildman–Crippen LogP) is 3.27. The van der Waals surface area contributed by atoms with Crippen molar-refractivity contribution in [2.24, 2.45) is 0 Å². The first-order chi connectivity index (χ1) is 9.63. The van der Waals surface area contributed by atoms with Gasteiger partial charge < -0.3 is 5.73 Å². The maximum Gasteiger partial charge on any atom is 0.184 e. The van der Waals surface area contributed by atoms with Crippen molar-refractivity contribution >= 4 is 35.1 Å². The number of nitrogens with two attached hydrogens (primary N) is 1. The van der Waals surface area contributed by atoms with Crippen LogP contribution in [0, 0.1) is 5.82 Å². The molecule has 0 saturated heterocycles. The zero-order valence-electron chi connectivity index (χ0n) is 10.3. The Morgan fingerprint density at radius 1 is 1.15 bits per heavy atom. The van der Waals surface area contributed by atoms with Crippen molar-refractivity contribution in [3.63, 3.8) is 0 Å². The van der Waals surface area contributed by atoms with E-state index in [9.17, 15) is 4.39 Å². The van der Waals surface area contributed by atoms with Crippen LogP contribution < -0.4 is 5.73 Å². The highest BCUT2D eigenvalue weighted by molar-refractivity contribution is 6.30. The molecule has 0 aliphatic heterocycles. The molecule has 0 fully saturated rings. The molecule has 6 heteroatoms. The number of nitrogens with zero attached hydrogens (tertiary/aromatic N) is 3. The van der Waals surface area contributed by atoms with Gasteiger partial charge in [-0.3, -0.25) is 4.40 Å². The quantitative estimate of drug-likeness (QED) is 0.787. The third-order valence-corrected chi connectivity index (χ3v) is 3.03. The number of halogens is 2. The van der Waals surface area contributed by atoms with Crippen molar-refractivity contribution in [1.82, 2.24) is 14.6 Å². The second-order valence-electron chi connectivity index (χ2n) is 4.25. The average molecular weight is 289 g/mol. The van der Waals surface area contributed by atoms with Crippen molar-refractivity contribution < 1.29 is 4.39 Å². The van der Waals surface area contributed by atoms with Crippen LogP contribution in [0.1, 0.15) is 11.4 Å². The fraction of sp³-hybridized carbons (Fsp3) is 0. The Labute approximate surface area is 119 Å². The first-order valence-corrected chi connectivity index (χ1v) is 6.25. The first-order valence-electron chi connectivity index (χ1n) is 5.87. The standard InChI is InChI=1S/C14H10ClFN4/c15-10-7-12(17)14-19-18-13(20(14)8-10)6-3-9-1-4-11(16)5-2-9/h1-8H,17H2/b6-3+. The average Bonchev–Trinajstić information content (AvgIpc) is 2.81. The van der Waals surface area contributed by atoms with Crippen molar-refractivity contribution in [3.8, 4) is 0 Å². The number of rotatable bonds is 2. The lowest BCUT2D eigenvalue weighted by Gasteiger charge is -1.99. The molecular formula is C14H10ClFN4. The zero-order valence-corrected chi connectivity index (χ0v) is 11.0. The fourth-order valence-electron chi connectivity index (χ4n) is 1.86. The predicted molar refractivity (Wildman–Crippen MR) is 77.7 cm³/mol. The van der Waals surface area contributed by atoms with Gasteiger partial charge in [0, 0.05) is 6.20 Å². The second kappa shape index (κ2) is 4.94. The molecule has 0 saturated carbocycles. The van der Waals surface area contributed by atoms with Gasteiger partial charge in [-0.15, -0.1) is 10.2 Å². The van der Waals surface area contributed by atoms with Crippen LogP contribution >= 0.6 is 11.6 Å². The van der Waals surface area contributed by atoms with Gasteiger partial charge in [0.1, 0.15) is 5.82 Å². The fourth-order valence-corrected chi connectivity index (χ4v) is 2.07. The second-order valence-corrected chi connectivity index (χ2v) is 4.69. The van der Waals surface area contributed by atoms with Crippen LogP contribution in [0.3, 0.4) is 0 Å². The van der Waals surface area contributed by atoms with Gasteiger partial charge in [-0.1, -0.05) is 29.8 Å². The minimum absolute atomic E-state index is 0.269. The zero-order chi connectivity index (χ0) is 14.1. The molecule has 0 bridgehead atoms. The van der Waals surface area contributed by atoms with Crippen LogP contribution in [0.5, 0.6) is 0 Å². The van der Waals surface area contributed by atoms with Crippen LogP contribution in [-0.2, 0) is 0 Å². The van der Waals surface area contributed by atoms with Crippen LogP contribution in [0.25, 0.3) is 17.8 Å². The molecule has 0 spiro atoms. The van der Waals surface area contributed by atoms with Gasteiger partial charge in [0.15, 0.2) is 11.5 Å². The molecule has 0 atom stereocenters. The van der Waals surface area contributed by atoms with E-state index in [4.69, 9.17) is 17.3 Å². The Morgan fingerprint density at radius 2 is 1.90 bits per heavy atom. The maximum atomic E-state index is 12.8. The molecule has 0 unspecified atom stereocenters. The van der Waals surface area contributed by atoms with Gasteiger partial charge in [-0.2, -0.15) is 0 Å². The molecule has 3 aromatic rings.